The van der Waals surface area contributed by atoms with Gasteiger partial charge >= 0.3 is 5.97 Å². The van der Waals surface area contributed by atoms with Crippen LogP contribution in [-0.2, 0) is 6.42 Å². The van der Waals surface area contributed by atoms with Crippen LogP contribution in [-0.4, -0.2) is 27.9 Å². The number of phenolic OH excluding ortho intramolecular Hbond substituents is 1. The Morgan fingerprint density at radius 1 is 0.889 bits per heavy atom. The summed E-state index contributed by atoms with van der Waals surface area (Å²) in [5.74, 6) is -2.10. The number of hydrogen-bond acceptors (Lipinski definition) is 4. The van der Waals surface area contributed by atoms with Gasteiger partial charge in [-0.3, -0.25) is 0 Å². The van der Waals surface area contributed by atoms with Gasteiger partial charge in [-0.05, 0) is 30.9 Å². The van der Waals surface area contributed by atoms with E-state index in [1.807, 2.05) is 0 Å². The van der Waals surface area contributed by atoms with Crippen LogP contribution in [0.1, 0.15) is 100 Å². The fourth-order valence-electron chi connectivity index (χ4n) is 3.22. The Balaban J connectivity index is 2.71. The van der Waals surface area contributed by atoms with Crippen LogP contribution in [0.25, 0.3) is 0 Å². The molecule has 5 nitrogen and oxygen atoms in total. The maximum atomic E-state index is 11.6. The first-order valence-electron chi connectivity index (χ1n) is 10.5. The second kappa shape index (κ2) is 13.3. The second-order valence-corrected chi connectivity index (χ2v) is 7.19. The average Bonchev–Trinajstić information content (AvgIpc) is 2.64. The summed E-state index contributed by atoms with van der Waals surface area (Å²) in [7, 11) is 0. The van der Waals surface area contributed by atoms with Gasteiger partial charge in [-0.15, -0.1) is 0 Å². The molecule has 154 valence electrons. The Kier molecular flexibility index (Phi) is 11.4. The first-order chi connectivity index (χ1) is 13.0. The molecule has 0 fully saturated rings. The molecule has 0 aliphatic heterocycles. The summed E-state index contributed by atoms with van der Waals surface area (Å²) in [5.41, 5.74) is 0.325. The van der Waals surface area contributed by atoms with Crippen LogP contribution in [0.15, 0.2) is 6.07 Å². The summed E-state index contributed by atoms with van der Waals surface area (Å²) in [5, 5.41) is 29.4. The Hall–Kier alpha value is -1.91. The summed E-state index contributed by atoms with van der Waals surface area (Å²) in [6.45, 7) is 4.70. The lowest BCUT2D eigenvalue weighted by molar-refractivity contribution is 0.0687. The molecule has 0 aliphatic carbocycles. The molecule has 0 heterocycles. The van der Waals surface area contributed by atoms with E-state index < -0.39 is 17.5 Å². The van der Waals surface area contributed by atoms with Gasteiger partial charge in [0.25, 0.3) is 0 Å². The van der Waals surface area contributed by atoms with Crippen molar-refractivity contribution in [2.24, 2.45) is 0 Å². The first-order valence-corrected chi connectivity index (χ1v) is 10.5. The summed E-state index contributed by atoms with van der Waals surface area (Å²) < 4.78 is 5.74. The molecule has 27 heavy (non-hydrogen) atoms. The third kappa shape index (κ3) is 8.10. The lowest BCUT2D eigenvalue weighted by atomic mass is 10.00. The smallest absolute Gasteiger partial charge is 0.343 e. The summed E-state index contributed by atoms with van der Waals surface area (Å²) in [4.78, 5) is 11.6. The minimum Gasteiger partial charge on any atom is -0.504 e. The number of ether oxygens (including phenoxy) is 1. The molecule has 0 bridgehead atoms. The van der Waals surface area contributed by atoms with Gasteiger partial charge in [0, 0.05) is 0 Å². The number of aromatic carboxylic acids is 1. The third-order valence-electron chi connectivity index (χ3n) is 4.82. The van der Waals surface area contributed by atoms with E-state index in [2.05, 4.69) is 13.8 Å². The van der Waals surface area contributed by atoms with Gasteiger partial charge in [-0.25, -0.2) is 4.79 Å². The number of rotatable bonds is 15. The Bertz CT molecular complexity index is 568. The zero-order valence-corrected chi connectivity index (χ0v) is 16.9. The standard InChI is InChI=1S/C22H36O5/c1-3-5-7-8-9-10-11-12-14-17-16-18(23)20(24)19(22(25)26)21(17)27-15-13-6-4-2/h16,23-24H,3-15H2,1-2H3,(H,25,26). The molecule has 1 aromatic rings. The maximum Gasteiger partial charge on any atom is 0.343 e. The fourth-order valence-corrected chi connectivity index (χ4v) is 3.22. The number of carboxylic acids is 1. The Morgan fingerprint density at radius 2 is 1.44 bits per heavy atom. The molecular weight excluding hydrogens is 344 g/mol. The molecule has 1 aromatic carbocycles. The lowest BCUT2D eigenvalue weighted by Gasteiger charge is -2.16. The van der Waals surface area contributed by atoms with E-state index in [-0.39, 0.29) is 11.3 Å². The summed E-state index contributed by atoms with van der Waals surface area (Å²) in [6, 6.07) is 1.44. The highest BCUT2D eigenvalue weighted by atomic mass is 16.5. The lowest BCUT2D eigenvalue weighted by Crippen LogP contribution is -2.08. The normalized spacial score (nSPS) is 10.9. The number of carbonyl (C=O) groups is 1. The molecule has 0 saturated carbocycles. The van der Waals surface area contributed by atoms with Crippen LogP contribution in [0.3, 0.4) is 0 Å². The molecule has 0 spiro atoms. The first kappa shape index (κ1) is 23.1. The number of carboxylic acid groups (broad SMARTS) is 1. The average molecular weight is 381 g/mol. The molecule has 0 aliphatic rings. The van der Waals surface area contributed by atoms with Crippen LogP contribution in [0.2, 0.25) is 0 Å². The van der Waals surface area contributed by atoms with Crippen molar-refractivity contribution in [2.45, 2.75) is 90.9 Å². The van der Waals surface area contributed by atoms with E-state index in [9.17, 15) is 20.1 Å². The summed E-state index contributed by atoms with van der Waals surface area (Å²) >= 11 is 0. The topological polar surface area (TPSA) is 87.0 Å². The zero-order valence-electron chi connectivity index (χ0n) is 16.9. The highest BCUT2D eigenvalue weighted by Gasteiger charge is 2.24. The number of phenols is 2. The van der Waals surface area contributed by atoms with E-state index >= 15 is 0 Å². The van der Waals surface area contributed by atoms with Gasteiger partial charge in [-0.2, -0.15) is 0 Å². The van der Waals surface area contributed by atoms with E-state index in [1.54, 1.807) is 0 Å². The number of aryl methyl sites for hydroxylation is 1. The Morgan fingerprint density at radius 3 is 2.04 bits per heavy atom. The van der Waals surface area contributed by atoms with Crippen molar-refractivity contribution in [2.75, 3.05) is 6.61 Å². The van der Waals surface area contributed by atoms with Crippen molar-refractivity contribution in [3.8, 4) is 17.2 Å². The van der Waals surface area contributed by atoms with E-state index in [1.165, 1.54) is 38.2 Å². The third-order valence-corrected chi connectivity index (χ3v) is 4.82. The predicted octanol–water partition coefficient (Wildman–Crippen LogP) is 6.05. The van der Waals surface area contributed by atoms with Crippen LogP contribution < -0.4 is 4.74 Å². The molecule has 1 rings (SSSR count). The number of unbranched alkanes of at least 4 members (excludes halogenated alkanes) is 9. The molecule has 0 amide bonds. The largest absolute Gasteiger partial charge is 0.504 e. The van der Waals surface area contributed by atoms with Crippen LogP contribution in [0.4, 0.5) is 0 Å². The van der Waals surface area contributed by atoms with E-state index in [0.717, 1.165) is 38.5 Å². The molecule has 0 aromatic heterocycles. The minimum atomic E-state index is -1.29. The van der Waals surface area contributed by atoms with Gasteiger partial charge in [0.05, 0.1) is 6.61 Å². The molecule has 0 radical (unpaired) electrons. The molecular formula is C22H36O5. The molecule has 5 heteroatoms. The second-order valence-electron chi connectivity index (χ2n) is 7.19. The van der Waals surface area contributed by atoms with E-state index in [0.29, 0.717) is 18.6 Å². The maximum absolute atomic E-state index is 11.6. The Labute approximate surface area is 163 Å². The SMILES string of the molecule is CCCCCCCCCCc1cc(O)c(O)c(C(=O)O)c1OCCCCC. The molecule has 0 unspecified atom stereocenters. The highest BCUT2D eigenvalue weighted by Crippen LogP contribution is 2.40. The van der Waals surface area contributed by atoms with Crippen molar-refractivity contribution in [1.29, 1.82) is 0 Å². The molecule has 0 saturated heterocycles. The minimum absolute atomic E-state index is 0.205. The quantitative estimate of drug-likeness (QED) is 0.255. The van der Waals surface area contributed by atoms with Crippen molar-refractivity contribution in [1.82, 2.24) is 0 Å². The van der Waals surface area contributed by atoms with Crippen molar-refractivity contribution in [3.05, 3.63) is 17.2 Å². The highest BCUT2D eigenvalue weighted by molar-refractivity contribution is 5.95. The van der Waals surface area contributed by atoms with Gasteiger partial charge in [-0.1, -0.05) is 71.6 Å². The van der Waals surface area contributed by atoms with Gasteiger partial charge in [0.2, 0.25) is 0 Å². The number of aromatic hydroxyl groups is 2. The van der Waals surface area contributed by atoms with Gasteiger partial charge in [0.15, 0.2) is 11.5 Å². The summed E-state index contributed by atoms with van der Waals surface area (Å²) in [6.07, 6.45) is 13.0. The van der Waals surface area contributed by atoms with E-state index in [4.69, 9.17) is 4.74 Å². The van der Waals surface area contributed by atoms with Crippen LogP contribution in [0, 0.1) is 0 Å². The zero-order chi connectivity index (χ0) is 20.1. The fraction of sp³-hybridized carbons (Fsp3) is 0.682. The molecule has 0 atom stereocenters. The number of hydrogen-bond donors (Lipinski definition) is 3. The van der Waals surface area contributed by atoms with Crippen molar-refractivity contribution in [3.63, 3.8) is 0 Å². The predicted molar refractivity (Wildman–Crippen MR) is 108 cm³/mol. The number of benzene rings is 1. The van der Waals surface area contributed by atoms with Crippen LogP contribution >= 0.6 is 0 Å². The van der Waals surface area contributed by atoms with Crippen molar-refractivity contribution < 1.29 is 24.9 Å². The van der Waals surface area contributed by atoms with Crippen LogP contribution in [0.5, 0.6) is 17.2 Å². The molecule has 3 N–H and O–H groups in total. The van der Waals surface area contributed by atoms with Crippen molar-refractivity contribution >= 4 is 5.97 Å². The van der Waals surface area contributed by atoms with Gasteiger partial charge < -0.3 is 20.1 Å². The monoisotopic (exact) mass is 380 g/mol. The van der Waals surface area contributed by atoms with Gasteiger partial charge in [0.1, 0.15) is 11.3 Å².